The third-order valence-corrected chi connectivity index (χ3v) is 4.38. The van der Waals surface area contributed by atoms with Crippen molar-refractivity contribution in [3.05, 3.63) is 29.8 Å². The number of likely N-dealkylation sites (tertiary alicyclic amines) is 1. The number of amides is 1. The summed E-state index contributed by atoms with van der Waals surface area (Å²) in [4.78, 5) is 14.1. The summed E-state index contributed by atoms with van der Waals surface area (Å²) in [5, 5.41) is 0. The first kappa shape index (κ1) is 15.8. The van der Waals surface area contributed by atoms with E-state index in [1.807, 2.05) is 24.0 Å². The number of rotatable bonds is 5. The average Bonchev–Trinajstić information content (AvgIpc) is 2.55. The number of hydrogen-bond donors (Lipinski definition) is 1. The molecule has 0 saturated carbocycles. The predicted octanol–water partition coefficient (Wildman–Crippen LogP) is 2.07. The van der Waals surface area contributed by atoms with E-state index in [1.54, 1.807) is 7.11 Å². The monoisotopic (exact) mass is 290 g/mol. The topological polar surface area (TPSA) is 55.6 Å². The molecule has 2 N–H and O–H groups in total. The van der Waals surface area contributed by atoms with Crippen molar-refractivity contribution in [2.45, 2.75) is 26.2 Å². The molecule has 0 aliphatic carbocycles. The first-order chi connectivity index (χ1) is 10.1. The molecule has 1 unspecified atom stereocenters. The van der Waals surface area contributed by atoms with E-state index in [1.165, 1.54) is 5.56 Å². The Morgan fingerprint density at radius 1 is 1.33 bits per heavy atom. The van der Waals surface area contributed by atoms with Crippen LogP contribution in [0.4, 0.5) is 0 Å². The minimum absolute atomic E-state index is 0.0526. The van der Waals surface area contributed by atoms with Crippen molar-refractivity contribution < 1.29 is 9.53 Å². The van der Waals surface area contributed by atoms with Crippen molar-refractivity contribution in [1.29, 1.82) is 0 Å². The Morgan fingerprint density at radius 3 is 2.48 bits per heavy atom. The van der Waals surface area contributed by atoms with Crippen LogP contribution in [0.2, 0.25) is 0 Å². The van der Waals surface area contributed by atoms with Crippen LogP contribution >= 0.6 is 0 Å². The van der Waals surface area contributed by atoms with E-state index in [0.717, 1.165) is 38.1 Å². The molecule has 4 nitrogen and oxygen atoms in total. The lowest BCUT2D eigenvalue weighted by Gasteiger charge is -2.33. The summed E-state index contributed by atoms with van der Waals surface area (Å²) >= 11 is 0. The van der Waals surface area contributed by atoms with Crippen LogP contribution in [0.25, 0.3) is 0 Å². The summed E-state index contributed by atoms with van der Waals surface area (Å²) in [5.74, 6) is 1.72. The fraction of sp³-hybridized carbons (Fsp3) is 0.588. The van der Waals surface area contributed by atoms with Gasteiger partial charge in [-0.3, -0.25) is 4.79 Å². The van der Waals surface area contributed by atoms with Crippen LogP contribution in [0.1, 0.15) is 25.3 Å². The lowest BCUT2D eigenvalue weighted by Crippen LogP contribution is -2.43. The normalized spacial score (nSPS) is 17.6. The largest absolute Gasteiger partial charge is 0.497 e. The summed E-state index contributed by atoms with van der Waals surface area (Å²) < 4.78 is 5.18. The fourth-order valence-corrected chi connectivity index (χ4v) is 2.86. The molecule has 21 heavy (non-hydrogen) atoms. The molecule has 0 bridgehead atoms. The zero-order chi connectivity index (χ0) is 15.2. The van der Waals surface area contributed by atoms with Crippen LogP contribution in [-0.2, 0) is 11.2 Å². The van der Waals surface area contributed by atoms with Crippen molar-refractivity contribution in [2.75, 3.05) is 26.7 Å². The Labute approximate surface area is 127 Å². The van der Waals surface area contributed by atoms with E-state index in [2.05, 4.69) is 12.1 Å². The van der Waals surface area contributed by atoms with Gasteiger partial charge in [-0.05, 0) is 42.9 Å². The SMILES string of the molecule is COc1ccc(CC2CCN(C(=O)C(C)CN)CC2)cc1. The predicted molar refractivity (Wildman–Crippen MR) is 84.2 cm³/mol. The zero-order valence-corrected chi connectivity index (χ0v) is 13.0. The molecule has 1 amide bonds. The number of hydrogen-bond acceptors (Lipinski definition) is 3. The van der Waals surface area contributed by atoms with E-state index in [0.29, 0.717) is 12.5 Å². The molecule has 4 heteroatoms. The summed E-state index contributed by atoms with van der Waals surface area (Å²) in [7, 11) is 1.68. The maximum absolute atomic E-state index is 12.1. The smallest absolute Gasteiger partial charge is 0.226 e. The van der Waals surface area contributed by atoms with E-state index in [9.17, 15) is 4.79 Å². The second-order valence-corrected chi connectivity index (χ2v) is 5.96. The maximum atomic E-state index is 12.1. The standard InChI is InChI=1S/C17H26N2O2/c1-13(12-18)17(20)19-9-7-15(8-10-19)11-14-3-5-16(21-2)6-4-14/h3-6,13,15H,7-12,18H2,1-2H3. The molecular weight excluding hydrogens is 264 g/mol. The van der Waals surface area contributed by atoms with Crippen LogP contribution in [-0.4, -0.2) is 37.6 Å². The van der Waals surface area contributed by atoms with Crippen LogP contribution in [0.15, 0.2) is 24.3 Å². The van der Waals surface area contributed by atoms with Gasteiger partial charge in [0.25, 0.3) is 0 Å². The second kappa shape index (κ2) is 7.46. The Bertz CT molecular complexity index is 450. The van der Waals surface area contributed by atoms with Crippen LogP contribution < -0.4 is 10.5 Å². The summed E-state index contributed by atoms with van der Waals surface area (Å²) in [6.45, 7) is 4.07. The van der Waals surface area contributed by atoms with Gasteiger partial charge in [-0.25, -0.2) is 0 Å². The molecule has 0 radical (unpaired) electrons. The van der Waals surface area contributed by atoms with E-state index in [4.69, 9.17) is 10.5 Å². The Hall–Kier alpha value is -1.55. The number of ether oxygens (including phenoxy) is 1. The van der Waals surface area contributed by atoms with Gasteiger partial charge in [-0.2, -0.15) is 0 Å². The second-order valence-electron chi connectivity index (χ2n) is 5.96. The molecule has 1 aromatic rings. The van der Waals surface area contributed by atoms with Crippen molar-refractivity contribution >= 4 is 5.91 Å². The molecular formula is C17H26N2O2. The van der Waals surface area contributed by atoms with Crippen molar-refractivity contribution in [3.8, 4) is 5.75 Å². The maximum Gasteiger partial charge on any atom is 0.226 e. The number of methoxy groups -OCH3 is 1. The molecule has 1 fully saturated rings. The average molecular weight is 290 g/mol. The lowest BCUT2D eigenvalue weighted by atomic mass is 9.89. The first-order valence-electron chi connectivity index (χ1n) is 7.75. The minimum Gasteiger partial charge on any atom is -0.497 e. The van der Waals surface area contributed by atoms with Gasteiger partial charge in [0.15, 0.2) is 0 Å². The number of carbonyl (C=O) groups excluding carboxylic acids is 1. The molecule has 2 rings (SSSR count). The third-order valence-electron chi connectivity index (χ3n) is 4.38. The van der Waals surface area contributed by atoms with Crippen LogP contribution in [0, 0.1) is 11.8 Å². The zero-order valence-electron chi connectivity index (χ0n) is 13.0. The van der Waals surface area contributed by atoms with E-state index < -0.39 is 0 Å². The van der Waals surface area contributed by atoms with Gasteiger partial charge in [0.05, 0.1) is 7.11 Å². The Kier molecular flexibility index (Phi) is 5.62. The van der Waals surface area contributed by atoms with Gasteiger partial charge >= 0.3 is 0 Å². The van der Waals surface area contributed by atoms with Crippen LogP contribution in [0.5, 0.6) is 5.75 Å². The highest BCUT2D eigenvalue weighted by molar-refractivity contribution is 5.78. The quantitative estimate of drug-likeness (QED) is 0.903. The van der Waals surface area contributed by atoms with Crippen molar-refractivity contribution in [1.82, 2.24) is 4.90 Å². The molecule has 0 aromatic heterocycles. The molecule has 1 aromatic carbocycles. The molecule has 1 atom stereocenters. The summed E-state index contributed by atoms with van der Waals surface area (Å²) in [6.07, 6.45) is 3.24. The fourth-order valence-electron chi connectivity index (χ4n) is 2.86. The molecule has 116 valence electrons. The lowest BCUT2D eigenvalue weighted by molar-refractivity contribution is -0.136. The van der Waals surface area contributed by atoms with Crippen molar-refractivity contribution in [3.63, 3.8) is 0 Å². The van der Waals surface area contributed by atoms with Crippen molar-refractivity contribution in [2.24, 2.45) is 17.6 Å². The number of nitrogens with zero attached hydrogens (tertiary/aromatic N) is 1. The molecule has 1 aliphatic heterocycles. The molecule has 1 heterocycles. The van der Waals surface area contributed by atoms with Gasteiger partial charge in [-0.15, -0.1) is 0 Å². The number of benzene rings is 1. The Balaban J connectivity index is 1.82. The van der Waals surface area contributed by atoms with Crippen LogP contribution in [0.3, 0.4) is 0 Å². The Morgan fingerprint density at radius 2 is 1.95 bits per heavy atom. The molecule has 0 spiro atoms. The van der Waals surface area contributed by atoms with Gasteiger partial charge in [-0.1, -0.05) is 19.1 Å². The van der Waals surface area contributed by atoms with Gasteiger partial charge in [0.1, 0.15) is 5.75 Å². The number of nitrogens with two attached hydrogens (primary N) is 1. The van der Waals surface area contributed by atoms with Gasteiger partial charge < -0.3 is 15.4 Å². The number of carbonyl (C=O) groups is 1. The first-order valence-corrected chi connectivity index (χ1v) is 7.75. The number of piperidine rings is 1. The summed E-state index contributed by atoms with van der Waals surface area (Å²) in [5.41, 5.74) is 6.92. The highest BCUT2D eigenvalue weighted by Crippen LogP contribution is 2.23. The molecule has 1 aliphatic rings. The highest BCUT2D eigenvalue weighted by Gasteiger charge is 2.25. The minimum atomic E-state index is -0.0526. The van der Waals surface area contributed by atoms with E-state index in [-0.39, 0.29) is 11.8 Å². The van der Waals surface area contributed by atoms with Gasteiger partial charge in [0, 0.05) is 25.6 Å². The third kappa shape index (κ3) is 4.21. The molecule has 1 saturated heterocycles. The highest BCUT2D eigenvalue weighted by atomic mass is 16.5. The summed E-state index contributed by atoms with van der Waals surface area (Å²) in [6, 6.07) is 8.29. The van der Waals surface area contributed by atoms with E-state index >= 15 is 0 Å². The van der Waals surface area contributed by atoms with Gasteiger partial charge in [0.2, 0.25) is 5.91 Å².